The van der Waals surface area contributed by atoms with Gasteiger partial charge in [0.1, 0.15) is 12.4 Å². The first-order chi connectivity index (χ1) is 9.16. The summed E-state index contributed by atoms with van der Waals surface area (Å²) in [5.41, 5.74) is 6.86. The number of benzene rings is 1. The van der Waals surface area contributed by atoms with E-state index in [1.165, 1.54) is 0 Å². The van der Waals surface area contributed by atoms with Crippen molar-refractivity contribution in [2.45, 2.75) is 19.4 Å². The van der Waals surface area contributed by atoms with Crippen LogP contribution < -0.4 is 5.73 Å². The summed E-state index contributed by atoms with van der Waals surface area (Å²) in [5, 5.41) is 9.66. The number of hydrogen-bond donors (Lipinski definition) is 2. The number of carbonyl (C=O) groups excluding carboxylic acids is 1. The minimum atomic E-state index is -0.374. The van der Waals surface area contributed by atoms with E-state index in [2.05, 4.69) is 0 Å². The zero-order valence-corrected chi connectivity index (χ0v) is 10.6. The largest absolute Gasteiger partial charge is 0.510 e. The first-order valence-corrected chi connectivity index (χ1v) is 6.21. The van der Waals surface area contributed by atoms with Crippen LogP contribution in [-0.2, 0) is 16.1 Å². The maximum Gasteiger partial charge on any atom is 0.310 e. The molecule has 0 saturated carbocycles. The fourth-order valence-electron chi connectivity index (χ4n) is 1.92. The molecule has 1 aliphatic rings. The molecule has 0 aliphatic heterocycles. The molecule has 1 unspecified atom stereocenters. The monoisotopic (exact) mass is 259 g/mol. The van der Waals surface area contributed by atoms with E-state index in [1.54, 1.807) is 12.2 Å². The van der Waals surface area contributed by atoms with E-state index >= 15 is 0 Å². The van der Waals surface area contributed by atoms with Crippen molar-refractivity contribution in [3.63, 3.8) is 0 Å². The molecule has 0 saturated heterocycles. The molecule has 0 radical (unpaired) electrons. The minimum absolute atomic E-state index is 0.0513. The van der Waals surface area contributed by atoms with Crippen molar-refractivity contribution < 1.29 is 14.6 Å². The normalized spacial score (nSPS) is 19.1. The molecule has 2 rings (SSSR count). The van der Waals surface area contributed by atoms with E-state index in [0.717, 1.165) is 5.56 Å². The number of aliphatic hydroxyl groups excluding tert-OH is 1. The van der Waals surface area contributed by atoms with Gasteiger partial charge in [-0.3, -0.25) is 4.79 Å². The number of hydrogen-bond acceptors (Lipinski definition) is 4. The maximum atomic E-state index is 11.9. The Hall–Kier alpha value is -2.23. The Kier molecular flexibility index (Phi) is 4.23. The van der Waals surface area contributed by atoms with Crippen molar-refractivity contribution in [1.82, 2.24) is 0 Å². The van der Waals surface area contributed by atoms with Crippen LogP contribution in [0.4, 0.5) is 0 Å². The highest BCUT2D eigenvalue weighted by atomic mass is 16.5. The Labute approximate surface area is 112 Å². The lowest BCUT2D eigenvalue weighted by Crippen LogP contribution is -2.18. The van der Waals surface area contributed by atoms with Crippen LogP contribution in [-0.4, -0.2) is 11.1 Å². The van der Waals surface area contributed by atoms with Crippen LogP contribution in [0.1, 0.15) is 18.4 Å². The maximum absolute atomic E-state index is 11.9. The van der Waals surface area contributed by atoms with Crippen molar-refractivity contribution in [3.8, 4) is 0 Å². The molecule has 1 atom stereocenters. The molecular weight excluding hydrogens is 242 g/mol. The molecule has 1 aliphatic carbocycles. The van der Waals surface area contributed by atoms with Gasteiger partial charge in [0, 0.05) is 6.42 Å². The van der Waals surface area contributed by atoms with E-state index < -0.39 is 0 Å². The van der Waals surface area contributed by atoms with Crippen LogP contribution in [0.15, 0.2) is 53.9 Å². The molecule has 4 heteroatoms. The molecule has 1 aromatic rings. The summed E-state index contributed by atoms with van der Waals surface area (Å²) >= 11 is 0. The number of esters is 1. The first kappa shape index (κ1) is 13.2. The van der Waals surface area contributed by atoms with Gasteiger partial charge in [-0.05, 0) is 18.1 Å². The van der Waals surface area contributed by atoms with Gasteiger partial charge in [0.25, 0.3) is 0 Å². The minimum Gasteiger partial charge on any atom is -0.510 e. The molecule has 0 aromatic heterocycles. The van der Waals surface area contributed by atoms with E-state index in [0.29, 0.717) is 12.1 Å². The lowest BCUT2D eigenvalue weighted by Gasteiger charge is -2.13. The lowest BCUT2D eigenvalue weighted by atomic mass is 10.0. The zero-order chi connectivity index (χ0) is 13.7. The Bertz CT molecular complexity index is 505. The Balaban J connectivity index is 1.92. The zero-order valence-electron chi connectivity index (χ0n) is 10.6. The second-order valence-electron chi connectivity index (χ2n) is 4.53. The number of aliphatic hydroxyl groups is 1. The summed E-state index contributed by atoms with van der Waals surface area (Å²) in [4.78, 5) is 11.9. The summed E-state index contributed by atoms with van der Waals surface area (Å²) < 4.78 is 5.26. The number of ether oxygens (including phenoxy) is 1. The predicted molar refractivity (Wildman–Crippen MR) is 71.9 cm³/mol. The van der Waals surface area contributed by atoms with Crippen molar-refractivity contribution in [2.75, 3.05) is 0 Å². The quantitative estimate of drug-likeness (QED) is 0.818. The SMILES string of the molecule is NC1=C(O)CC(C(=O)OCc2ccccc2)CC=C1. The van der Waals surface area contributed by atoms with Gasteiger partial charge < -0.3 is 15.6 Å². The number of rotatable bonds is 3. The van der Waals surface area contributed by atoms with Crippen molar-refractivity contribution >= 4 is 5.97 Å². The van der Waals surface area contributed by atoms with E-state index in [9.17, 15) is 9.90 Å². The summed E-state index contributed by atoms with van der Waals surface area (Å²) in [7, 11) is 0. The topological polar surface area (TPSA) is 72.5 Å². The fraction of sp³-hybridized carbons (Fsp3) is 0.267. The van der Waals surface area contributed by atoms with Gasteiger partial charge in [-0.1, -0.05) is 36.4 Å². The highest BCUT2D eigenvalue weighted by molar-refractivity contribution is 5.73. The predicted octanol–water partition coefficient (Wildman–Crippen LogP) is 2.42. The molecular formula is C15H17NO3. The Morgan fingerprint density at radius 2 is 2.11 bits per heavy atom. The van der Waals surface area contributed by atoms with Gasteiger partial charge in [-0.2, -0.15) is 0 Å². The number of allylic oxidation sites excluding steroid dienone is 3. The van der Waals surface area contributed by atoms with Gasteiger partial charge in [0.15, 0.2) is 0 Å². The molecule has 0 fully saturated rings. The summed E-state index contributed by atoms with van der Waals surface area (Å²) in [5.74, 6) is -0.633. The van der Waals surface area contributed by atoms with E-state index in [4.69, 9.17) is 10.5 Å². The molecule has 0 spiro atoms. The lowest BCUT2D eigenvalue weighted by molar-refractivity contribution is -0.150. The third-order valence-corrected chi connectivity index (χ3v) is 3.05. The van der Waals surface area contributed by atoms with Gasteiger partial charge in [-0.15, -0.1) is 0 Å². The third kappa shape index (κ3) is 3.61. The first-order valence-electron chi connectivity index (χ1n) is 6.21. The molecule has 0 bridgehead atoms. The van der Waals surface area contributed by atoms with Gasteiger partial charge in [-0.25, -0.2) is 0 Å². The van der Waals surface area contributed by atoms with Crippen LogP contribution in [0.2, 0.25) is 0 Å². The molecule has 1 aromatic carbocycles. The van der Waals surface area contributed by atoms with Crippen molar-refractivity contribution in [2.24, 2.45) is 11.7 Å². The molecule has 0 amide bonds. The molecule has 0 heterocycles. The second kappa shape index (κ2) is 6.09. The second-order valence-corrected chi connectivity index (χ2v) is 4.53. The molecule has 3 N–H and O–H groups in total. The molecule has 4 nitrogen and oxygen atoms in total. The average Bonchev–Trinajstić information content (AvgIpc) is 2.60. The standard InChI is InChI=1S/C15H17NO3/c16-13-8-4-7-12(9-14(13)17)15(18)19-10-11-5-2-1-3-6-11/h1-6,8,12,17H,7,9-10,16H2. The van der Waals surface area contributed by atoms with Crippen LogP contribution in [0, 0.1) is 5.92 Å². The van der Waals surface area contributed by atoms with Crippen LogP contribution >= 0.6 is 0 Å². The number of carbonyl (C=O) groups is 1. The van der Waals surface area contributed by atoms with Crippen LogP contribution in [0.3, 0.4) is 0 Å². The Morgan fingerprint density at radius 3 is 2.84 bits per heavy atom. The van der Waals surface area contributed by atoms with Gasteiger partial charge >= 0.3 is 5.97 Å². The van der Waals surface area contributed by atoms with Crippen LogP contribution in [0.5, 0.6) is 0 Å². The summed E-state index contributed by atoms with van der Waals surface area (Å²) in [6, 6.07) is 9.50. The fourth-order valence-corrected chi connectivity index (χ4v) is 1.92. The molecule has 100 valence electrons. The van der Waals surface area contributed by atoms with E-state index in [-0.39, 0.29) is 30.7 Å². The Morgan fingerprint density at radius 1 is 1.37 bits per heavy atom. The summed E-state index contributed by atoms with van der Waals surface area (Å²) in [6.07, 6.45) is 4.16. The summed E-state index contributed by atoms with van der Waals surface area (Å²) in [6.45, 7) is 0.250. The smallest absolute Gasteiger partial charge is 0.310 e. The average molecular weight is 259 g/mol. The van der Waals surface area contributed by atoms with Crippen LogP contribution in [0.25, 0.3) is 0 Å². The number of nitrogens with two attached hydrogens (primary N) is 1. The highest BCUT2D eigenvalue weighted by Crippen LogP contribution is 2.21. The molecule has 19 heavy (non-hydrogen) atoms. The van der Waals surface area contributed by atoms with Crippen molar-refractivity contribution in [3.05, 3.63) is 59.5 Å². The highest BCUT2D eigenvalue weighted by Gasteiger charge is 2.23. The van der Waals surface area contributed by atoms with Gasteiger partial charge in [0.2, 0.25) is 0 Å². The van der Waals surface area contributed by atoms with Crippen molar-refractivity contribution in [1.29, 1.82) is 0 Å². The van der Waals surface area contributed by atoms with E-state index in [1.807, 2.05) is 30.3 Å². The third-order valence-electron chi connectivity index (χ3n) is 3.05. The van der Waals surface area contributed by atoms with Gasteiger partial charge in [0.05, 0.1) is 11.6 Å².